The first-order chi connectivity index (χ1) is 13.0. The van der Waals surface area contributed by atoms with Gasteiger partial charge in [-0.05, 0) is 18.2 Å². The predicted octanol–water partition coefficient (Wildman–Crippen LogP) is 2.30. The Labute approximate surface area is 150 Å². The van der Waals surface area contributed by atoms with Gasteiger partial charge in [0.1, 0.15) is 5.56 Å². The number of amides is 1. The van der Waals surface area contributed by atoms with E-state index in [1.807, 2.05) is 0 Å². The molecule has 4 aromatic heterocycles. The number of aromatic nitrogens is 5. The predicted molar refractivity (Wildman–Crippen MR) is 92.7 cm³/mol. The topological polar surface area (TPSA) is 111 Å². The molecule has 10 heteroatoms. The Kier molecular flexibility index (Phi) is 3.92. The highest BCUT2D eigenvalue weighted by atomic mass is 19.1. The zero-order chi connectivity index (χ0) is 19.0. The van der Waals surface area contributed by atoms with Crippen molar-refractivity contribution in [3.8, 4) is 11.1 Å². The van der Waals surface area contributed by atoms with Crippen LogP contribution in [0.4, 0.5) is 20.3 Å². The summed E-state index contributed by atoms with van der Waals surface area (Å²) < 4.78 is 28.4. The van der Waals surface area contributed by atoms with Gasteiger partial charge in [0, 0.05) is 23.5 Å². The molecule has 0 radical (unpaired) electrons. The number of rotatable bonds is 3. The van der Waals surface area contributed by atoms with E-state index in [0.717, 1.165) is 16.9 Å². The molecule has 0 aliphatic rings. The molecular weight excluding hydrogens is 356 g/mol. The minimum atomic E-state index is -0.688. The molecule has 0 atom stereocenters. The second kappa shape index (κ2) is 6.41. The zero-order valence-corrected chi connectivity index (χ0v) is 13.6. The average Bonchev–Trinajstić information content (AvgIpc) is 2.97. The summed E-state index contributed by atoms with van der Waals surface area (Å²) in [7, 11) is 0. The SMILES string of the molecule is Nc1nn2cc(F)cnc2c1C(=O)Nc1cnccc1-c1cccnc1F. The van der Waals surface area contributed by atoms with E-state index < -0.39 is 17.7 Å². The van der Waals surface area contributed by atoms with Crippen LogP contribution < -0.4 is 11.1 Å². The van der Waals surface area contributed by atoms with Crippen molar-refractivity contribution < 1.29 is 13.6 Å². The molecule has 27 heavy (non-hydrogen) atoms. The van der Waals surface area contributed by atoms with Crippen LogP contribution in [0.15, 0.2) is 49.2 Å². The number of hydrogen-bond acceptors (Lipinski definition) is 6. The van der Waals surface area contributed by atoms with Gasteiger partial charge in [-0.15, -0.1) is 5.10 Å². The van der Waals surface area contributed by atoms with Crippen LogP contribution >= 0.6 is 0 Å². The quantitative estimate of drug-likeness (QED) is 0.538. The Morgan fingerprint density at radius 2 is 1.96 bits per heavy atom. The first-order valence-corrected chi connectivity index (χ1v) is 7.70. The molecule has 0 spiro atoms. The lowest BCUT2D eigenvalue weighted by atomic mass is 10.1. The fourth-order valence-corrected chi connectivity index (χ4v) is 2.65. The van der Waals surface area contributed by atoms with Gasteiger partial charge in [0.2, 0.25) is 5.95 Å². The van der Waals surface area contributed by atoms with Crippen LogP contribution in [0, 0.1) is 11.8 Å². The van der Waals surface area contributed by atoms with Gasteiger partial charge in [0.05, 0.1) is 24.3 Å². The van der Waals surface area contributed by atoms with Crippen LogP contribution in [0.1, 0.15) is 10.4 Å². The fraction of sp³-hybridized carbons (Fsp3) is 0. The molecule has 0 saturated heterocycles. The third kappa shape index (κ3) is 2.92. The number of nitrogens with two attached hydrogens (primary N) is 1. The fourth-order valence-electron chi connectivity index (χ4n) is 2.65. The standard InChI is InChI=1S/C17H11F2N7O/c18-9-6-23-16-13(15(20)25-26(16)8-9)17(27)24-12-7-21-5-3-10(12)11-2-1-4-22-14(11)19/h1-8H,(H2,20,25)(H,24,27). The number of halogens is 2. The number of pyridine rings is 2. The van der Waals surface area contributed by atoms with E-state index in [9.17, 15) is 13.6 Å². The highest BCUT2D eigenvalue weighted by Gasteiger charge is 2.21. The molecule has 0 unspecified atom stereocenters. The molecule has 4 aromatic rings. The summed E-state index contributed by atoms with van der Waals surface area (Å²) in [5.41, 5.74) is 6.68. The van der Waals surface area contributed by atoms with Crippen LogP contribution in [0.25, 0.3) is 16.8 Å². The third-order valence-corrected chi connectivity index (χ3v) is 3.81. The molecule has 4 heterocycles. The molecule has 4 rings (SSSR count). The van der Waals surface area contributed by atoms with Crippen LogP contribution in [0.3, 0.4) is 0 Å². The minimum absolute atomic E-state index is 0.0311. The van der Waals surface area contributed by atoms with Gasteiger partial charge in [0.25, 0.3) is 5.91 Å². The molecule has 0 bridgehead atoms. The minimum Gasteiger partial charge on any atom is -0.381 e. The molecular formula is C17H11F2N7O. The van der Waals surface area contributed by atoms with Gasteiger partial charge >= 0.3 is 0 Å². The van der Waals surface area contributed by atoms with E-state index >= 15 is 0 Å². The highest BCUT2D eigenvalue weighted by molar-refractivity contribution is 6.12. The maximum absolute atomic E-state index is 14.1. The van der Waals surface area contributed by atoms with E-state index in [0.29, 0.717) is 5.56 Å². The lowest BCUT2D eigenvalue weighted by molar-refractivity contribution is 0.102. The number of fused-ring (bicyclic) bond motifs is 1. The summed E-state index contributed by atoms with van der Waals surface area (Å²) in [5.74, 6) is -2.07. The number of carbonyl (C=O) groups is 1. The van der Waals surface area contributed by atoms with Crippen molar-refractivity contribution in [3.63, 3.8) is 0 Å². The Balaban J connectivity index is 1.75. The van der Waals surface area contributed by atoms with Gasteiger partial charge in [-0.2, -0.15) is 4.39 Å². The highest BCUT2D eigenvalue weighted by Crippen LogP contribution is 2.29. The van der Waals surface area contributed by atoms with Crippen molar-refractivity contribution in [1.82, 2.24) is 24.6 Å². The maximum Gasteiger partial charge on any atom is 0.263 e. The summed E-state index contributed by atoms with van der Waals surface area (Å²) in [6, 6.07) is 4.65. The van der Waals surface area contributed by atoms with Gasteiger partial charge in [0.15, 0.2) is 17.3 Å². The number of nitrogen functional groups attached to an aromatic ring is 1. The number of carbonyl (C=O) groups excluding carboxylic acids is 1. The molecule has 1 amide bonds. The monoisotopic (exact) mass is 367 g/mol. The molecule has 0 aromatic carbocycles. The second-order valence-corrected chi connectivity index (χ2v) is 5.52. The number of nitrogens with zero attached hydrogens (tertiary/aromatic N) is 5. The Morgan fingerprint density at radius 3 is 2.78 bits per heavy atom. The molecule has 0 aliphatic carbocycles. The van der Waals surface area contributed by atoms with Gasteiger partial charge in [-0.1, -0.05) is 0 Å². The van der Waals surface area contributed by atoms with E-state index in [2.05, 4.69) is 25.4 Å². The number of hydrogen-bond donors (Lipinski definition) is 2. The van der Waals surface area contributed by atoms with Crippen LogP contribution in [-0.4, -0.2) is 30.5 Å². The summed E-state index contributed by atoms with van der Waals surface area (Å²) in [4.78, 5) is 24.2. The molecule has 8 nitrogen and oxygen atoms in total. The van der Waals surface area contributed by atoms with E-state index in [1.54, 1.807) is 12.1 Å². The van der Waals surface area contributed by atoms with Gasteiger partial charge in [-0.3, -0.25) is 9.78 Å². The van der Waals surface area contributed by atoms with Crippen molar-refractivity contribution in [2.45, 2.75) is 0 Å². The van der Waals surface area contributed by atoms with E-state index in [-0.39, 0.29) is 28.3 Å². The zero-order valence-electron chi connectivity index (χ0n) is 13.6. The molecule has 134 valence electrons. The summed E-state index contributed by atoms with van der Waals surface area (Å²) in [5, 5.41) is 6.50. The van der Waals surface area contributed by atoms with Crippen molar-refractivity contribution in [1.29, 1.82) is 0 Å². The first kappa shape index (κ1) is 16.5. The smallest absolute Gasteiger partial charge is 0.263 e. The van der Waals surface area contributed by atoms with Crippen LogP contribution in [0.2, 0.25) is 0 Å². The van der Waals surface area contributed by atoms with E-state index in [1.165, 1.54) is 24.7 Å². The largest absolute Gasteiger partial charge is 0.381 e. The molecule has 0 aliphatic heterocycles. The average molecular weight is 367 g/mol. The van der Waals surface area contributed by atoms with Crippen molar-refractivity contribution >= 4 is 23.1 Å². The molecule has 0 saturated carbocycles. The van der Waals surface area contributed by atoms with Gasteiger partial charge < -0.3 is 11.1 Å². The Morgan fingerprint density at radius 1 is 1.11 bits per heavy atom. The van der Waals surface area contributed by atoms with Crippen LogP contribution in [-0.2, 0) is 0 Å². The van der Waals surface area contributed by atoms with Crippen molar-refractivity contribution in [2.75, 3.05) is 11.1 Å². The normalized spacial score (nSPS) is 10.9. The van der Waals surface area contributed by atoms with Crippen molar-refractivity contribution in [3.05, 3.63) is 66.5 Å². The van der Waals surface area contributed by atoms with Crippen LogP contribution in [0.5, 0.6) is 0 Å². The Bertz CT molecular complexity index is 1180. The first-order valence-electron chi connectivity index (χ1n) is 7.70. The number of nitrogens with one attached hydrogen (secondary N) is 1. The summed E-state index contributed by atoms with van der Waals surface area (Å²) in [6.07, 6.45) is 6.16. The molecule has 3 N–H and O–H groups in total. The molecule has 0 fully saturated rings. The van der Waals surface area contributed by atoms with Crippen molar-refractivity contribution in [2.24, 2.45) is 0 Å². The number of anilines is 2. The summed E-state index contributed by atoms with van der Waals surface area (Å²) in [6.45, 7) is 0. The van der Waals surface area contributed by atoms with E-state index in [4.69, 9.17) is 5.73 Å². The maximum atomic E-state index is 14.1. The van der Waals surface area contributed by atoms with Gasteiger partial charge in [-0.25, -0.2) is 18.9 Å². The third-order valence-electron chi connectivity index (χ3n) is 3.81. The summed E-state index contributed by atoms with van der Waals surface area (Å²) >= 11 is 0. The Hall–Kier alpha value is -3.95. The lowest BCUT2D eigenvalue weighted by Crippen LogP contribution is -2.15. The lowest BCUT2D eigenvalue weighted by Gasteiger charge is -2.10. The second-order valence-electron chi connectivity index (χ2n) is 5.52.